The molecule has 0 saturated carbocycles. The first kappa shape index (κ1) is 20.7. The van der Waals surface area contributed by atoms with E-state index in [0.717, 1.165) is 5.70 Å². The van der Waals surface area contributed by atoms with Crippen LogP contribution in [0.2, 0.25) is 0 Å². The number of carbonyl (C=O) groups excluding carboxylic acids is 1. The molecule has 1 amide bonds. The van der Waals surface area contributed by atoms with Crippen molar-refractivity contribution in [2.75, 3.05) is 6.54 Å². The van der Waals surface area contributed by atoms with Gasteiger partial charge in [0.15, 0.2) is 0 Å². The highest BCUT2D eigenvalue weighted by Gasteiger charge is 2.35. The Morgan fingerprint density at radius 2 is 1.97 bits per heavy atom. The summed E-state index contributed by atoms with van der Waals surface area (Å²) in [6.45, 7) is 3.00. The third-order valence-electron chi connectivity index (χ3n) is 4.76. The SMILES string of the molecule is CC1=C(C(=O)NCC(=O)O)C(c2cccc([N+](=O)[O-])c2)C(c2ccccn2)=C(C)N1. The third-order valence-corrected chi connectivity index (χ3v) is 4.76. The number of hydrogen-bond donors (Lipinski definition) is 3. The zero-order valence-electron chi connectivity index (χ0n) is 16.4. The van der Waals surface area contributed by atoms with Crippen LogP contribution in [0.1, 0.15) is 31.0 Å². The Labute approximate surface area is 172 Å². The van der Waals surface area contributed by atoms with Crippen molar-refractivity contribution in [3.63, 3.8) is 0 Å². The summed E-state index contributed by atoms with van der Waals surface area (Å²) < 4.78 is 0. The summed E-state index contributed by atoms with van der Waals surface area (Å²) in [6, 6.07) is 11.4. The molecule has 0 saturated heterocycles. The maximum atomic E-state index is 12.9. The number of aromatic nitrogens is 1. The van der Waals surface area contributed by atoms with Gasteiger partial charge in [0.05, 0.1) is 10.6 Å². The molecule has 2 heterocycles. The molecule has 3 rings (SSSR count). The van der Waals surface area contributed by atoms with Crippen molar-refractivity contribution in [3.8, 4) is 0 Å². The number of hydrogen-bond acceptors (Lipinski definition) is 6. The van der Waals surface area contributed by atoms with E-state index in [1.807, 2.05) is 13.0 Å². The van der Waals surface area contributed by atoms with Gasteiger partial charge in [0, 0.05) is 46.8 Å². The van der Waals surface area contributed by atoms with Gasteiger partial charge in [0.1, 0.15) is 6.54 Å². The molecule has 0 bridgehead atoms. The van der Waals surface area contributed by atoms with Gasteiger partial charge in [-0.05, 0) is 31.5 Å². The second kappa shape index (κ2) is 8.56. The Bertz CT molecular complexity index is 1080. The number of benzene rings is 1. The largest absolute Gasteiger partial charge is 0.480 e. The minimum Gasteiger partial charge on any atom is -0.480 e. The molecule has 0 aliphatic carbocycles. The first-order chi connectivity index (χ1) is 14.3. The van der Waals surface area contributed by atoms with Crippen LogP contribution in [0.25, 0.3) is 5.57 Å². The molecule has 2 aromatic rings. The van der Waals surface area contributed by atoms with E-state index >= 15 is 0 Å². The van der Waals surface area contributed by atoms with Gasteiger partial charge in [-0.15, -0.1) is 0 Å². The molecule has 0 fully saturated rings. The highest BCUT2D eigenvalue weighted by Crippen LogP contribution is 2.43. The summed E-state index contributed by atoms with van der Waals surface area (Å²) in [5.41, 5.74) is 3.28. The van der Waals surface area contributed by atoms with Gasteiger partial charge in [-0.2, -0.15) is 0 Å². The molecule has 30 heavy (non-hydrogen) atoms. The number of carbonyl (C=O) groups is 2. The first-order valence-electron chi connectivity index (χ1n) is 9.14. The average molecular weight is 408 g/mol. The monoisotopic (exact) mass is 408 g/mol. The van der Waals surface area contributed by atoms with E-state index in [1.54, 1.807) is 37.4 Å². The Balaban J connectivity index is 2.19. The summed E-state index contributed by atoms with van der Waals surface area (Å²) in [4.78, 5) is 39.1. The van der Waals surface area contributed by atoms with Crippen molar-refractivity contribution in [3.05, 3.63) is 87.0 Å². The number of nitrogens with zero attached hydrogens (tertiary/aromatic N) is 2. The van der Waals surface area contributed by atoms with Crippen LogP contribution in [0.3, 0.4) is 0 Å². The molecule has 9 heteroatoms. The highest BCUT2D eigenvalue weighted by atomic mass is 16.6. The number of rotatable bonds is 6. The average Bonchev–Trinajstić information content (AvgIpc) is 2.72. The molecule has 1 unspecified atom stereocenters. The maximum Gasteiger partial charge on any atom is 0.322 e. The van der Waals surface area contributed by atoms with Crippen LogP contribution in [-0.2, 0) is 9.59 Å². The summed E-state index contributed by atoms with van der Waals surface area (Å²) in [6.07, 6.45) is 1.62. The van der Waals surface area contributed by atoms with Gasteiger partial charge in [-0.25, -0.2) is 0 Å². The normalized spacial score (nSPS) is 16.1. The number of carboxylic acid groups (broad SMARTS) is 1. The van der Waals surface area contributed by atoms with E-state index in [4.69, 9.17) is 5.11 Å². The van der Waals surface area contributed by atoms with Gasteiger partial charge >= 0.3 is 5.97 Å². The lowest BCUT2D eigenvalue weighted by molar-refractivity contribution is -0.384. The first-order valence-corrected chi connectivity index (χ1v) is 9.14. The zero-order chi connectivity index (χ0) is 21.8. The summed E-state index contributed by atoms with van der Waals surface area (Å²) in [7, 11) is 0. The number of dihydropyridines is 1. The van der Waals surface area contributed by atoms with Crippen molar-refractivity contribution < 1.29 is 19.6 Å². The molecule has 3 N–H and O–H groups in total. The number of allylic oxidation sites excluding steroid dienone is 3. The van der Waals surface area contributed by atoms with Gasteiger partial charge in [-0.3, -0.25) is 24.7 Å². The van der Waals surface area contributed by atoms with Crippen LogP contribution < -0.4 is 10.6 Å². The molecule has 0 radical (unpaired) electrons. The van der Waals surface area contributed by atoms with Crippen molar-refractivity contribution in [1.29, 1.82) is 0 Å². The van der Waals surface area contributed by atoms with Crippen molar-refractivity contribution >= 4 is 23.1 Å². The summed E-state index contributed by atoms with van der Waals surface area (Å²) in [5.74, 6) is -2.41. The second-order valence-electron chi connectivity index (χ2n) is 6.78. The summed E-state index contributed by atoms with van der Waals surface area (Å²) >= 11 is 0. The number of nitrogens with one attached hydrogen (secondary N) is 2. The Morgan fingerprint density at radius 1 is 1.20 bits per heavy atom. The van der Waals surface area contributed by atoms with Crippen LogP contribution >= 0.6 is 0 Å². The third kappa shape index (κ3) is 4.19. The standard InChI is InChI=1S/C21H20N4O5/c1-12-18(16-8-3-4-9-22-16)20(14-6-5-7-15(10-14)25(29)30)19(13(2)24-12)21(28)23-11-17(26)27/h3-10,20,24H,11H2,1-2H3,(H,23,28)(H,26,27). The number of aliphatic carboxylic acids is 1. The van der Waals surface area contributed by atoms with Crippen LogP contribution in [0.5, 0.6) is 0 Å². The van der Waals surface area contributed by atoms with Crippen LogP contribution in [-0.4, -0.2) is 33.4 Å². The van der Waals surface area contributed by atoms with Crippen molar-refractivity contribution in [1.82, 2.24) is 15.6 Å². The molecular formula is C21H20N4O5. The minimum absolute atomic E-state index is 0.105. The number of amides is 1. The topological polar surface area (TPSA) is 134 Å². The predicted octanol–water partition coefficient (Wildman–Crippen LogP) is 2.58. The molecule has 1 aliphatic rings. The lowest BCUT2D eigenvalue weighted by Crippen LogP contribution is -2.36. The number of nitro benzene ring substituents is 1. The van der Waals surface area contributed by atoms with Gasteiger partial charge < -0.3 is 15.7 Å². The lowest BCUT2D eigenvalue weighted by Gasteiger charge is -2.31. The minimum atomic E-state index is -1.17. The van der Waals surface area contributed by atoms with E-state index in [9.17, 15) is 19.7 Å². The fraction of sp³-hybridized carbons (Fsp3) is 0.190. The number of carboxylic acids is 1. The van der Waals surface area contributed by atoms with E-state index in [-0.39, 0.29) is 11.3 Å². The van der Waals surface area contributed by atoms with E-state index in [0.29, 0.717) is 22.5 Å². The number of non-ortho nitro benzene ring substituents is 1. The lowest BCUT2D eigenvalue weighted by atomic mass is 9.78. The molecule has 1 aliphatic heterocycles. The van der Waals surface area contributed by atoms with Gasteiger partial charge in [-0.1, -0.05) is 18.2 Å². The number of pyridine rings is 1. The van der Waals surface area contributed by atoms with Crippen LogP contribution in [0, 0.1) is 10.1 Å². The Kier molecular flexibility index (Phi) is 5.91. The summed E-state index contributed by atoms with van der Waals surface area (Å²) in [5, 5.41) is 25.8. The van der Waals surface area contributed by atoms with E-state index in [2.05, 4.69) is 15.6 Å². The Morgan fingerprint density at radius 3 is 2.60 bits per heavy atom. The van der Waals surface area contributed by atoms with Crippen molar-refractivity contribution in [2.24, 2.45) is 0 Å². The molecular weight excluding hydrogens is 388 g/mol. The fourth-order valence-electron chi connectivity index (χ4n) is 3.56. The van der Waals surface area contributed by atoms with E-state index < -0.39 is 29.3 Å². The van der Waals surface area contributed by atoms with Gasteiger partial charge in [0.2, 0.25) is 5.91 Å². The molecule has 1 aromatic heterocycles. The van der Waals surface area contributed by atoms with E-state index in [1.165, 1.54) is 12.1 Å². The molecule has 0 spiro atoms. The second-order valence-corrected chi connectivity index (χ2v) is 6.78. The smallest absolute Gasteiger partial charge is 0.322 e. The quantitative estimate of drug-likeness (QED) is 0.494. The molecule has 9 nitrogen and oxygen atoms in total. The highest BCUT2D eigenvalue weighted by molar-refractivity contribution is 6.01. The van der Waals surface area contributed by atoms with Crippen LogP contribution in [0.15, 0.2) is 65.6 Å². The zero-order valence-corrected chi connectivity index (χ0v) is 16.4. The van der Waals surface area contributed by atoms with Crippen LogP contribution in [0.4, 0.5) is 5.69 Å². The van der Waals surface area contributed by atoms with Crippen molar-refractivity contribution in [2.45, 2.75) is 19.8 Å². The Hall–Kier alpha value is -4.01. The number of nitro groups is 1. The fourth-order valence-corrected chi connectivity index (χ4v) is 3.56. The molecule has 1 aromatic carbocycles. The maximum absolute atomic E-state index is 12.9. The molecule has 154 valence electrons. The predicted molar refractivity (Wildman–Crippen MR) is 109 cm³/mol. The molecule has 1 atom stereocenters. The van der Waals surface area contributed by atoms with Gasteiger partial charge in [0.25, 0.3) is 5.69 Å².